The standard InChI is InChI=1S/C11H16F3N5/c1-15-10(17-8-3-4-8)16-5-7-6-19(2)18-9(7)11(12,13)14/h6,8H,3-5H2,1-2H3,(H2,15,16,17). The Bertz CT molecular complexity index is 473. The van der Waals surface area contributed by atoms with Crippen LogP contribution in [0.25, 0.3) is 0 Å². The van der Waals surface area contributed by atoms with E-state index in [1.807, 2.05) is 0 Å². The van der Waals surface area contributed by atoms with Gasteiger partial charge in [0.1, 0.15) is 0 Å². The van der Waals surface area contributed by atoms with Crippen molar-refractivity contribution < 1.29 is 13.2 Å². The highest BCUT2D eigenvalue weighted by atomic mass is 19.4. The summed E-state index contributed by atoms with van der Waals surface area (Å²) in [6, 6.07) is 0.391. The molecule has 0 saturated heterocycles. The van der Waals surface area contributed by atoms with Gasteiger partial charge in [0.25, 0.3) is 0 Å². The highest BCUT2D eigenvalue weighted by molar-refractivity contribution is 5.80. The maximum Gasteiger partial charge on any atom is 0.435 e. The summed E-state index contributed by atoms with van der Waals surface area (Å²) in [6.07, 6.45) is -0.936. The zero-order valence-corrected chi connectivity index (χ0v) is 10.8. The molecule has 1 aromatic rings. The van der Waals surface area contributed by atoms with Crippen LogP contribution in [0.3, 0.4) is 0 Å². The average molecular weight is 275 g/mol. The minimum atomic E-state index is -4.44. The molecule has 0 atom stereocenters. The zero-order valence-electron chi connectivity index (χ0n) is 10.8. The van der Waals surface area contributed by atoms with Gasteiger partial charge in [0.15, 0.2) is 11.7 Å². The number of nitrogens with one attached hydrogen (secondary N) is 2. The van der Waals surface area contributed by atoms with Crippen LogP contribution in [0.2, 0.25) is 0 Å². The summed E-state index contributed by atoms with van der Waals surface area (Å²) >= 11 is 0. The normalized spacial score (nSPS) is 16.6. The summed E-state index contributed by atoms with van der Waals surface area (Å²) in [5.74, 6) is 0.513. The van der Waals surface area contributed by atoms with Gasteiger partial charge in [0.2, 0.25) is 0 Å². The molecule has 0 radical (unpaired) electrons. The van der Waals surface area contributed by atoms with Gasteiger partial charge in [-0.15, -0.1) is 0 Å². The van der Waals surface area contributed by atoms with Gasteiger partial charge < -0.3 is 10.6 Å². The fraction of sp³-hybridized carbons (Fsp3) is 0.636. The molecule has 0 aromatic carbocycles. The molecule has 0 unspecified atom stereocenters. The van der Waals surface area contributed by atoms with Crippen LogP contribution in [-0.2, 0) is 19.8 Å². The van der Waals surface area contributed by atoms with Crippen molar-refractivity contribution in [3.8, 4) is 0 Å². The van der Waals surface area contributed by atoms with Crippen LogP contribution >= 0.6 is 0 Å². The van der Waals surface area contributed by atoms with E-state index in [-0.39, 0.29) is 12.1 Å². The van der Waals surface area contributed by atoms with Gasteiger partial charge in [0.05, 0.1) is 0 Å². The number of hydrogen-bond donors (Lipinski definition) is 2. The van der Waals surface area contributed by atoms with Crippen LogP contribution < -0.4 is 10.6 Å². The summed E-state index contributed by atoms with van der Waals surface area (Å²) in [4.78, 5) is 3.97. The van der Waals surface area contributed by atoms with Gasteiger partial charge in [0, 0.05) is 38.4 Å². The van der Waals surface area contributed by atoms with Crippen LogP contribution in [0.4, 0.5) is 13.2 Å². The second kappa shape index (κ2) is 5.10. The van der Waals surface area contributed by atoms with E-state index < -0.39 is 11.9 Å². The molecular weight excluding hydrogens is 259 g/mol. The Hall–Kier alpha value is -1.73. The van der Waals surface area contributed by atoms with Gasteiger partial charge in [-0.25, -0.2) is 0 Å². The molecule has 0 spiro atoms. The fourth-order valence-corrected chi connectivity index (χ4v) is 1.70. The number of nitrogens with zero attached hydrogens (tertiary/aromatic N) is 3. The van der Waals surface area contributed by atoms with E-state index in [0.717, 1.165) is 17.5 Å². The maximum absolute atomic E-state index is 12.7. The third-order valence-electron chi connectivity index (χ3n) is 2.76. The van der Waals surface area contributed by atoms with Crippen molar-refractivity contribution in [2.24, 2.45) is 12.0 Å². The van der Waals surface area contributed by atoms with E-state index in [4.69, 9.17) is 0 Å². The van der Waals surface area contributed by atoms with Gasteiger partial charge >= 0.3 is 6.18 Å². The number of rotatable bonds is 3. The van der Waals surface area contributed by atoms with E-state index >= 15 is 0 Å². The van der Waals surface area contributed by atoms with Crippen molar-refractivity contribution in [1.29, 1.82) is 0 Å². The summed E-state index contributed by atoms with van der Waals surface area (Å²) in [6.45, 7) is 0.0368. The second-order valence-corrected chi connectivity index (χ2v) is 4.52. The first-order valence-corrected chi connectivity index (χ1v) is 5.97. The van der Waals surface area contributed by atoms with Gasteiger partial charge in [-0.1, -0.05) is 0 Å². The minimum absolute atomic E-state index is 0.0368. The molecule has 8 heteroatoms. The monoisotopic (exact) mass is 275 g/mol. The summed E-state index contributed by atoms with van der Waals surface area (Å²) in [7, 11) is 3.06. The summed E-state index contributed by atoms with van der Waals surface area (Å²) in [5.41, 5.74) is -0.752. The Morgan fingerprint density at radius 2 is 2.21 bits per heavy atom. The molecule has 5 nitrogen and oxygen atoms in total. The lowest BCUT2D eigenvalue weighted by molar-refractivity contribution is -0.142. The van der Waals surface area contributed by atoms with Crippen LogP contribution in [0.5, 0.6) is 0 Å². The Morgan fingerprint density at radius 3 is 2.74 bits per heavy atom. The highest BCUT2D eigenvalue weighted by Crippen LogP contribution is 2.30. The molecule has 2 rings (SSSR count). The summed E-state index contributed by atoms with van der Waals surface area (Å²) < 4.78 is 39.4. The predicted molar refractivity (Wildman–Crippen MR) is 64.6 cm³/mol. The predicted octanol–water partition coefficient (Wildman–Crippen LogP) is 1.27. The zero-order chi connectivity index (χ0) is 14.0. The first-order chi connectivity index (χ1) is 8.90. The largest absolute Gasteiger partial charge is 0.435 e. The van der Waals surface area contributed by atoms with Crippen molar-refractivity contribution in [2.75, 3.05) is 7.05 Å². The van der Waals surface area contributed by atoms with E-state index in [2.05, 4.69) is 20.7 Å². The molecule has 0 amide bonds. The maximum atomic E-state index is 12.7. The molecule has 0 bridgehead atoms. The topological polar surface area (TPSA) is 54.2 Å². The van der Waals surface area contributed by atoms with Gasteiger partial charge in [-0.3, -0.25) is 9.67 Å². The van der Waals surface area contributed by atoms with Crippen LogP contribution in [0.15, 0.2) is 11.2 Å². The second-order valence-electron chi connectivity index (χ2n) is 4.52. The molecular formula is C11H16F3N5. The molecule has 2 N–H and O–H groups in total. The first-order valence-electron chi connectivity index (χ1n) is 5.97. The molecule has 1 aliphatic carbocycles. The van der Waals surface area contributed by atoms with Crippen LogP contribution in [0, 0.1) is 0 Å². The molecule has 106 valence electrons. The fourth-order valence-electron chi connectivity index (χ4n) is 1.70. The van der Waals surface area contributed by atoms with Crippen LogP contribution in [-0.4, -0.2) is 28.8 Å². The third-order valence-corrected chi connectivity index (χ3v) is 2.76. The molecule has 1 heterocycles. The number of alkyl halides is 3. The molecule has 0 aliphatic heterocycles. The molecule has 1 aromatic heterocycles. The van der Waals surface area contributed by atoms with Crippen LogP contribution in [0.1, 0.15) is 24.1 Å². The lowest BCUT2D eigenvalue weighted by Gasteiger charge is -2.11. The SMILES string of the molecule is CN=C(NCc1cn(C)nc1C(F)(F)F)NC1CC1. The van der Waals surface area contributed by atoms with Crippen molar-refractivity contribution >= 4 is 5.96 Å². The van der Waals surface area contributed by atoms with E-state index in [9.17, 15) is 13.2 Å². The number of halogens is 3. The van der Waals surface area contributed by atoms with E-state index in [0.29, 0.717) is 12.0 Å². The Kier molecular flexibility index (Phi) is 3.68. The Balaban J connectivity index is 2.02. The van der Waals surface area contributed by atoms with Crippen molar-refractivity contribution in [1.82, 2.24) is 20.4 Å². The molecule has 1 aliphatic rings. The number of aromatic nitrogens is 2. The number of aliphatic imine (C=N–C) groups is 1. The smallest absolute Gasteiger partial charge is 0.354 e. The lowest BCUT2D eigenvalue weighted by atomic mass is 10.2. The summed E-state index contributed by atoms with van der Waals surface area (Å²) in [5, 5.41) is 9.43. The van der Waals surface area contributed by atoms with Crippen molar-refractivity contribution in [3.05, 3.63) is 17.5 Å². The van der Waals surface area contributed by atoms with Crippen molar-refractivity contribution in [3.63, 3.8) is 0 Å². The molecule has 1 saturated carbocycles. The van der Waals surface area contributed by atoms with Crippen molar-refractivity contribution in [2.45, 2.75) is 31.6 Å². The highest BCUT2D eigenvalue weighted by Gasteiger charge is 2.36. The number of guanidine groups is 1. The first kappa shape index (κ1) is 13.7. The van der Waals surface area contributed by atoms with E-state index in [1.54, 1.807) is 7.05 Å². The van der Waals surface area contributed by atoms with Gasteiger partial charge in [-0.2, -0.15) is 18.3 Å². The molecule has 1 fully saturated rings. The van der Waals surface area contributed by atoms with E-state index in [1.165, 1.54) is 13.2 Å². The molecule has 19 heavy (non-hydrogen) atoms. The number of aryl methyl sites for hydroxylation is 1. The Labute approximate surface area is 108 Å². The number of hydrogen-bond acceptors (Lipinski definition) is 2. The van der Waals surface area contributed by atoms with Gasteiger partial charge in [-0.05, 0) is 12.8 Å². The third kappa shape index (κ3) is 3.62. The minimum Gasteiger partial charge on any atom is -0.354 e. The average Bonchev–Trinajstić information content (AvgIpc) is 3.05. The lowest BCUT2D eigenvalue weighted by Crippen LogP contribution is -2.38. The Morgan fingerprint density at radius 1 is 1.53 bits per heavy atom. The quantitative estimate of drug-likeness (QED) is 0.645.